The minimum atomic E-state index is -3.02. The van der Waals surface area contributed by atoms with Crippen molar-refractivity contribution in [3.63, 3.8) is 0 Å². The van der Waals surface area contributed by atoms with E-state index >= 15 is 0 Å². The van der Waals surface area contributed by atoms with Gasteiger partial charge in [0.1, 0.15) is 17.2 Å². The zero-order valence-corrected chi connectivity index (χ0v) is 22.5. The van der Waals surface area contributed by atoms with E-state index in [0.717, 1.165) is 38.3 Å². The second-order valence-electron chi connectivity index (χ2n) is 9.38. The molecule has 0 unspecified atom stereocenters. The van der Waals surface area contributed by atoms with Gasteiger partial charge in [-0.15, -0.1) is 0 Å². The Balaban J connectivity index is 1.19. The van der Waals surface area contributed by atoms with Crippen LogP contribution in [0.1, 0.15) is 0 Å². The quantitative estimate of drug-likeness (QED) is 0.213. The van der Waals surface area contributed by atoms with Crippen molar-refractivity contribution in [1.29, 1.82) is 0 Å². The van der Waals surface area contributed by atoms with Gasteiger partial charge in [-0.2, -0.15) is 0 Å². The summed E-state index contributed by atoms with van der Waals surface area (Å²) in [5.74, 6) is 1.61. The van der Waals surface area contributed by atoms with Crippen LogP contribution in [0, 0.1) is 0 Å². The van der Waals surface area contributed by atoms with Crippen molar-refractivity contribution in [3.8, 4) is 39.6 Å². The Kier molecular flexibility index (Phi) is 7.01. The lowest BCUT2D eigenvalue weighted by atomic mass is 10.1. The summed E-state index contributed by atoms with van der Waals surface area (Å²) < 4.78 is 20.6. The fourth-order valence-electron chi connectivity index (χ4n) is 4.67. The molecule has 1 heterocycles. The van der Waals surface area contributed by atoms with Crippen LogP contribution < -0.4 is 20.7 Å². The summed E-state index contributed by atoms with van der Waals surface area (Å²) in [5, 5.41) is 11.9. The van der Waals surface area contributed by atoms with Gasteiger partial charge in [0.25, 0.3) is 0 Å². The van der Waals surface area contributed by atoms with E-state index in [1.807, 2.05) is 140 Å². The van der Waals surface area contributed by atoms with E-state index in [1.54, 1.807) is 12.1 Å². The molecule has 1 aromatic heterocycles. The first-order valence-corrected chi connectivity index (χ1v) is 14.7. The molecule has 0 aliphatic rings. The van der Waals surface area contributed by atoms with Crippen molar-refractivity contribution in [3.05, 3.63) is 152 Å². The molecule has 0 atom stereocenters. The summed E-state index contributed by atoms with van der Waals surface area (Å²) in [5.41, 5.74) is 3.81. The fraction of sp³-hybridized carbons (Fsp3) is 0. The minimum Gasteiger partial charge on any atom is -0.508 e. The molecule has 0 saturated carbocycles. The molecule has 0 fully saturated rings. The molecule has 0 bridgehead atoms. The van der Waals surface area contributed by atoms with Crippen molar-refractivity contribution < 1.29 is 14.4 Å². The van der Waals surface area contributed by atoms with E-state index in [9.17, 15) is 9.67 Å². The van der Waals surface area contributed by atoms with Gasteiger partial charge in [0, 0.05) is 33.2 Å². The summed E-state index contributed by atoms with van der Waals surface area (Å²) in [6, 6.07) is 45.6. The maximum absolute atomic E-state index is 14.5. The first kappa shape index (κ1) is 25.4. The molecular weight excluding hydrogens is 513 g/mol. The topological polar surface area (TPSA) is 59.4 Å². The zero-order valence-electron chi connectivity index (χ0n) is 21.6. The molecule has 6 rings (SSSR count). The lowest BCUT2D eigenvalue weighted by molar-refractivity contribution is 0.475. The Morgan fingerprint density at radius 2 is 0.975 bits per heavy atom. The minimum absolute atomic E-state index is 0.242. The Hall–Kier alpha value is -4.92. The molecule has 1 N–H and O–H groups in total. The number of aromatic hydroxyl groups is 1. The standard InChI is InChI=1S/C35H26NO3P/c37-29-16-11-26(12-17-29)28-15-24-35(36-25-28)27-13-18-30(19-14-27)39-31-20-22-34(23-21-31)40(38,32-7-3-1-4-8-32)33-9-5-2-6-10-33/h1-25,37H. The number of nitrogens with zero attached hydrogens (tertiary/aromatic N) is 1. The van der Waals surface area contributed by atoms with Crippen molar-refractivity contribution in [2.24, 2.45) is 0 Å². The Morgan fingerprint density at radius 3 is 1.50 bits per heavy atom. The second-order valence-corrected chi connectivity index (χ2v) is 12.1. The average Bonchev–Trinajstić information content (AvgIpc) is 3.03. The van der Waals surface area contributed by atoms with Crippen LogP contribution in [0.4, 0.5) is 0 Å². The third kappa shape index (κ3) is 5.18. The fourth-order valence-corrected chi connectivity index (χ4v) is 7.31. The molecular formula is C35H26NO3P. The van der Waals surface area contributed by atoms with Gasteiger partial charge < -0.3 is 14.4 Å². The Morgan fingerprint density at radius 1 is 0.500 bits per heavy atom. The smallest absolute Gasteiger partial charge is 0.171 e. The predicted octanol–water partition coefficient (Wildman–Crippen LogP) is 7.55. The number of pyridine rings is 1. The lowest BCUT2D eigenvalue weighted by Gasteiger charge is -2.20. The van der Waals surface area contributed by atoms with Crippen LogP contribution in [0.3, 0.4) is 0 Å². The van der Waals surface area contributed by atoms with E-state index in [4.69, 9.17) is 4.74 Å². The van der Waals surface area contributed by atoms with Gasteiger partial charge in [-0.25, -0.2) is 0 Å². The van der Waals surface area contributed by atoms with Crippen LogP contribution in [0.25, 0.3) is 22.4 Å². The van der Waals surface area contributed by atoms with Gasteiger partial charge in [-0.1, -0.05) is 78.9 Å². The largest absolute Gasteiger partial charge is 0.508 e. The molecule has 40 heavy (non-hydrogen) atoms. The molecule has 0 aliphatic carbocycles. The lowest BCUT2D eigenvalue weighted by Crippen LogP contribution is -2.24. The highest BCUT2D eigenvalue weighted by molar-refractivity contribution is 7.85. The van der Waals surface area contributed by atoms with Gasteiger partial charge in [0.05, 0.1) is 5.69 Å². The van der Waals surface area contributed by atoms with Crippen LogP contribution >= 0.6 is 7.14 Å². The normalized spacial score (nSPS) is 11.2. The van der Waals surface area contributed by atoms with E-state index < -0.39 is 7.14 Å². The van der Waals surface area contributed by atoms with Gasteiger partial charge in [0.2, 0.25) is 0 Å². The first-order valence-electron chi connectivity index (χ1n) is 13.0. The monoisotopic (exact) mass is 539 g/mol. The highest BCUT2D eigenvalue weighted by Crippen LogP contribution is 2.42. The first-order chi connectivity index (χ1) is 19.6. The molecule has 194 valence electrons. The van der Waals surface area contributed by atoms with Crippen LogP contribution in [0.2, 0.25) is 0 Å². The van der Waals surface area contributed by atoms with Crippen molar-refractivity contribution in [2.45, 2.75) is 0 Å². The second kappa shape index (κ2) is 11.1. The number of aromatic nitrogens is 1. The number of phenolic OH excluding ortho intramolecular Hbond substituents is 1. The summed E-state index contributed by atoms with van der Waals surface area (Å²) >= 11 is 0. The molecule has 0 radical (unpaired) electrons. The molecule has 0 spiro atoms. The summed E-state index contributed by atoms with van der Waals surface area (Å²) in [4.78, 5) is 4.61. The Labute approximate surface area is 233 Å². The Bertz CT molecular complexity index is 1710. The van der Waals surface area contributed by atoms with Crippen molar-refractivity contribution >= 4 is 23.1 Å². The van der Waals surface area contributed by atoms with Crippen molar-refractivity contribution in [1.82, 2.24) is 4.98 Å². The van der Waals surface area contributed by atoms with Crippen molar-refractivity contribution in [2.75, 3.05) is 0 Å². The number of rotatable bonds is 7. The highest BCUT2D eigenvalue weighted by atomic mass is 31.2. The molecule has 0 amide bonds. The maximum Gasteiger partial charge on any atom is 0.171 e. The zero-order chi connectivity index (χ0) is 27.4. The maximum atomic E-state index is 14.5. The number of benzene rings is 5. The summed E-state index contributed by atoms with van der Waals surface area (Å²) in [6.45, 7) is 0. The van der Waals surface area contributed by atoms with E-state index in [2.05, 4.69) is 4.98 Å². The van der Waals surface area contributed by atoms with E-state index in [1.165, 1.54) is 0 Å². The van der Waals surface area contributed by atoms with E-state index in [0.29, 0.717) is 11.5 Å². The average molecular weight is 540 g/mol. The molecule has 5 aromatic carbocycles. The van der Waals surface area contributed by atoms with Crippen LogP contribution in [-0.2, 0) is 4.57 Å². The SMILES string of the molecule is O=P(c1ccccc1)(c1ccccc1)c1ccc(Oc2ccc(-c3ccc(-c4ccc(O)cc4)cn3)cc2)cc1. The number of hydrogen-bond donors (Lipinski definition) is 1. The van der Waals surface area contributed by atoms with Gasteiger partial charge in [-0.3, -0.25) is 4.98 Å². The predicted molar refractivity (Wildman–Crippen MR) is 163 cm³/mol. The van der Waals surface area contributed by atoms with Gasteiger partial charge in [-0.05, 0) is 72.3 Å². The molecule has 4 nitrogen and oxygen atoms in total. The summed E-state index contributed by atoms with van der Waals surface area (Å²) in [7, 11) is -3.02. The van der Waals surface area contributed by atoms with Crippen LogP contribution in [0.5, 0.6) is 17.2 Å². The van der Waals surface area contributed by atoms with Crippen LogP contribution in [-0.4, -0.2) is 10.1 Å². The van der Waals surface area contributed by atoms with Gasteiger partial charge in [0.15, 0.2) is 7.14 Å². The third-order valence-electron chi connectivity index (χ3n) is 6.79. The number of hydrogen-bond acceptors (Lipinski definition) is 4. The molecule has 0 aliphatic heterocycles. The summed E-state index contributed by atoms with van der Waals surface area (Å²) in [6.07, 6.45) is 1.83. The number of ether oxygens (including phenoxy) is 1. The van der Waals surface area contributed by atoms with E-state index in [-0.39, 0.29) is 5.75 Å². The molecule has 5 heteroatoms. The van der Waals surface area contributed by atoms with Gasteiger partial charge >= 0.3 is 0 Å². The highest BCUT2D eigenvalue weighted by Gasteiger charge is 2.29. The molecule has 0 saturated heterocycles. The van der Waals surface area contributed by atoms with Crippen LogP contribution in [0.15, 0.2) is 152 Å². The number of phenols is 1. The third-order valence-corrected chi connectivity index (χ3v) is 9.87. The molecule has 6 aromatic rings.